The van der Waals surface area contributed by atoms with E-state index in [1.807, 2.05) is 24.3 Å². The normalized spacial score (nSPS) is 12.4. The predicted molar refractivity (Wildman–Crippen MR) is 103 cm³/mol. The van der Waals surface area contributed by atoms with Gasteiger partial charge in [-0.3, -0.25) is 9.59 Å². The van der Waals surface area contributed by atoms with Gasteiger partial charge in [-0.1, -0.05) is 56.1 Å². The number of carbonyl (C=O) groups is 2. The zero-order chi connectivity index (χ0) is 19.0. The molecule has 0 aliphatic carbocycles. The second-order valence-corrected chi connectivity index (χ2v) is 6.82. The molecule has 0 spiro atoms. The van der Waals surface area contributed by atoms with Crippen LogP contribution in [0.3, 0.4) is 0 Å². The Morgan fingerprint density at radius 2 is 1.36 bits per heavy atom. The SMILES string of the molecule is COC(=O)C(N)c1cccc(Br)c1.NC(=O)C(N)c1cccc(Br)c1. The first-order chi connectivity index (χ1) is 11.8. The van der Waals surface area contributed by atoms with Crippen molar-refractivity contribution in [3.05, 3.63) is 68.6 Å². The van der Waals surface area contributed by atoms with Crippen LogP contribution in [0.15, 0.2) is 57.5 Å². The number of nitrogens with two attached hydrogens (primary N) is 3. The lowest BCUT2D eigenvalue weighted by Gasteiger charge is -2.09. The van der Waals surface area contributed by atoms with Gasteiger partial charge in [0.2, 0.25) is 5.91 Å². The van der Waals surface area contributed by atoms with Crippen molar-refractivity contribution in [1.29, 1.82) is 0 Å². The van der Waals surface area contributed by atoms with Crippen LogP contribution in [0.2, 0.25) is 0 Å². The first-order valence-corrected chi connectivity index (χ1v) is 8.74. The lowest BCUT2D eigenvalue weighted by molar-refractivity contribution is -0.142. The lowest BCUT2D eigenvalue weighted by Crippen LogP contribution is -2.28. The Bertz CT molecular complexity index is 741. The van der Waals surface area contributed by atoms with Gasteiger partial charge in [0, 0.05) is 8.95 Å². The van der Waals surface area contributed by atoms with Gasteiger partial charge in [0.1, 0.15) is 12.1 Å². The highest BCUT2D eigenvalue weighted by atomic mass is 79.9. The third kappa shape index (κ3) is 6.95. The Morgan fingerprint density at radius 1 is 0.920 bits per heavy atom. The summed E-state index contributed by atoms with van der Waals surface area (Å²) in [7, 11) is 1.32. The van der Waals surface area contributed by atoms with Gasteiger partial charge in [-0.25, -0.2) is 0 Å². The third-order valence-corrected chi connectivity index (χ3v) is 4.16. The van der Waals surface area contributed by atoms with E-state index in [0.29, 0.717) is 0 Å². The van der Waals surface area contributed by atoms with E-state index in [1.165, 1.54) is 7.11 Å². The number of halogens is 2. The largest absolute Gasteiger partial charge is 0.468 e. The lowest BCUT2D eigenvalue weighted by atomic mass is 10.1. The van der Waals surface area contributed by atoms with Crippen LogP contribution in [-0.2, 0) is 14.3 Å². The molecule has 134 valence electrons. The summed E-state index contributed by atoms with van der Waals surface area (Å²) in [5.41, 5.74) is 17.6. The number of carbonyl (C=O) groups excluding carboxylic acids is 2. The van der Waals surface area contributed by atoms with E-state index in [0.717, 1.165) is 20.1 Å². The van der Waals surface area contributed by atoms with Gasteiger partial charge in [0.15, 0.2) is 0 Å². The standard InChI is InChI=1S/C9H10BrNO2.C8H9BrN2O/c1-13-9(12)8(11)6-3-2-4-7(10)5-6;9-6-3-1-2-5(4-6)7(10)8(11)12/h2-5,8H,11H2,1H3;1-4,7H,10H2,(H2,11,12). The molecule has 0 aromatic heterocycles. The first-order valence-electron chi connectivity index (χ1n) is 7.15. The highest BCUT2D eigenvalue weighted by molar-refractivity contribution is 9.10. The molecule has 0 aliphatic rings. The number of hydrogen-bond donors (Lipinski definition) is 3. The molecule has 25 heavy (non-hydrogen) atoms. The summed E-state index contributed by atoms with van der Waals surface area (Å²) in [6, 6.07) is 13.0. The molecule has 2 aromatic rings. The average molecular weight is 473 g/mol. The van der Waals surface area contributed by atoms with Crippen molar-refractivity contribution >= 4 is 43.7 Å². The number of hydrogen-bond acceptors (Lipinski definition) is 5. The average Bonchev–Trinajstić information content (AvgIpc) is 2.60. The minimum Gasteiger partial charge on any atom is -0.468 e. The van der Waals surface area contributed by atoms with Crippen molar-refractivity contribution < 1.29 is 14.3 Å². The fraction of sp³-hybridized carbons (Fsp3) is 0.176. The van der Waals surface area contributed by atoms with E-state index >= 15 is 0 Å². The monoisotopic (exact) mass is 471 g/mol. The van der Waals surface area contributed by atoms with E-state index in [9.17, 15) is 9.59 Å². The molecule has 6 N–H and O–H groups in total. The fourth-order valence-corrected chi connectivity index (χ4v) is 2.66. The molecule has 0 radical (unpaired) electrons. The number of primary amides is 1. The number of amides is 1. The maximum atomic E-state index is 11.1. The maximum Gasteiger partial charge on any atom is 0.327 e. The minimum atomic E-state index is -0.720. The van der Waals surface area contributed by atoms with Gasteiger partial charge in [0.05, 0.1) is 7.11 Å². The number of methoxy groups -OCH3 is 1. The summed E-state index contributed by atoms with van der Waals surface area (Å²) in [6.45, 7) is 0. The van der Waals surface area contributed by atoms with E-state index < -0.39 is 24.0 Å². The molecule has 2 rings (SSSR count). The van der Waals surface area contributed by atoms with Crippen LogP contribution >= 0.6 is 31.9 Å². The predicted octanol–water partition coefficient (Wildman–Crippen LogP) is 2.56. The third-order valence-electron chi connectivity index (χ3n) is 3.18. The molecule has 0 bridgehead atoms. The Kier molecular flexibility index (Phi) is 8.77. The Balaban J connectivity index is 0.000000251. The summed E-state index contributed by atoms with van der Waals surface area (Å²) in [6.07, 6.45) is 0. The Morgan fingerprint density at radius 3 is 1.72 bits per heavy atom. The minimum absolute atomic E-state index is 0.432. The summed E-state index contributed by atoms with van der Waals surface area (Å²) in [5.74, 6) is -0.953. The van der Waals surface area contributed by atoms with Gasteiger partial charge >= 0.3 is 5.97 Å². The number of ether oxygens (including phenoxy) is 1. The summed E-state index contributed by atoms with van der Waals surface area (Å²) >= 11 is 6.57. The van der Waals surface area contributed by atoms with Gasteiger partial charge in [0.25, 0.3) is 0 Å². The van der Waals surface area contributed by atoms with Crippen molar-refractivity contribution in [3.63, 3.8) is 0 Å². The number of rotatable bonds is 4. The molecule has 0 fully saturated rings. The molecule has 0 saturated heterocycles. The molecule has 0 heterocycles. The van der Waals surface area contributed by atoms with Gasteiger partial charge in [-0.05, 0) is 35.4 Å². The fourth-order valence-electron chi connectivity index (χ4n) is 1.83. The van der Waals surface area contributed by atoms with Gasteiger partial charge in [-0.2, -0.15) is 0 Å². The zero-order valence-electron chi connectivity index (χ0n) is 13.5. The van der Waals surface area contributed by atoms with Crippen LogP contribution in [0.5, 0.6) is 0 Å². The molecule has 1 amide bonds. The first kappa shape index (κ1) is 21.3. The molecule has 2 atom stereocenters. The summed E-state index contributed by atoms with van der Waals surface area (Å²) in [5, 5.41) is 0. The van der Waals surface area contributed by atoms with Crippen molar-refractivity contribution in [2.75, 3.05) is 7.11 Å². The van der Waals surface area contributed by atoms with Gasteiger partial charge in [-0.15, -0.1) is 0 Å². The zero-order valence-corrected chi connectivity index (χ0v) is 16.7. The number of benzene rings is 2. The summed E-state index contributed by atoms with van der Waals surface area (Å²) < 4.78 is 6.31. The van der Waals surface area contributed by atoms with E-state index in [2.05, 4.69) is 36.6 Å². The summed E-state index contributed by atoms with van der Waals surface area (Å²) in [4.78, 5) is 21.8. The molecule has 6 nitrogen and oxygen atoms in total. The van der Waals surface area contributed by atoms with E-state index in [4.69, 9.17) is 17.2 Å². The second-order valence-electron chi connectivity index (χ2n) is 4.99. The Labute approximate surface area is 163 Å². The van der Waals surface area contributed by atoms with Crippen molar-refractivity contribution in [2.24, 2.45) is 17.2 Å². The van der Waals surface area contributed by atoms with Crippen molar-refractivity contribution in [2.45, 2.75) is 12.1 Å². The number of esters is 1. The molecular formula is C17H19Br2N3O3. The van der Waals surface area contributed by atoms with Crippen LogP contribution in [-0.4, -0.2) is 19.0 Å². The molecule has 2 unspecified atom stereocenters. The van der Waals surface area contributed by atoms with Crippen molar-refractivity contribution in [3.8, 4) is 0 Å². The van der Waals surface area contributed by atoms with Crippen LogP contribution in [0.25, 0.3) is 0 Å². The second kappa shape index (κ2) is 10.3. The van der Waals surface area contributed by atoms with E-state index in [-0.39, 0.29) is 0 Å². The molecule has 2 aromatic carbocycles. The topological polar surface area (TPSA) is 121 Å². The highest BCUT2D eigenvalue weighted by Gasteiger charge is 2.15. The maximum absolute atomic E-state index is 11.1. The molecule has 0 saturated carbocycles. The highest BCUT2D eigenvalue weighted by Crippen LogP contribution is 2.17. The van der Waals surface area contributed by atoms with Gasteiger partial charge < -0.3 is 21.9 Å². The Hall–Kier alpha value is -1.74. The molecule has 8 heteroatoms. The van der Waals surface area contributed by atoms with Crippen LogP contribution < -0.4 is 17.2 Å². The molecular weight excluding hydrogens is 454 g/mol. The van der Waals surface area contributed by atoms with E-state index in [1.54, 1.807) is 24.3 Å². The van der Waals surface area contributed by atoms with Crippen LogP contribution in [0.1, 0.15) is 23.2 Å². The van der Waals surface area contributed by atoms with Crippen LogP contribution in [0, 0.1) is 0 Å². The molecule has 0 aliphatic heterocycles. The quantitative estimate of drug-likeness (QED) is 0.590. The van der Waals surface area contributed by atoms with Crippen LogP contribution in [0.4, 0.5) is 0 Å². The smallest absolute Gasteiger partial charge is 0.327 e. The van der Waals surface area contributed by atoms with Crippen molar-refractivity contribution in [1.82, 2.24) is 0 Å².